The van der Waals surface area contributed by atoms with E-state index in [0.29, 0.717) is 5.56 Å². The molecule has 0 spiro atoms. The third-order valence-electron chi connectivity index (χ3n) is 2.52. The second kappa shape index (κ2) is 6.93. The topological polar surface area (TPSA) is 66.4 Å². The van der Waals surface area contributed by atoms with Crippen molar-refractivity contribution in [2.75, 3.05) is 6.54 Å². The SMILES string of the molecule is O=C(Cc1ccc(C(=O)O)cc1)NCCCC(F)(F)F. The summed E-state index contributed by atoms with van der Waals surface area (Å²) >= 11 is 0. The van der Waals surface area contributed by atoms with Crippen molar-refractivity contribution in [2.24, 2.45) is 0 Å². The second-order valence-corrected chi connectivity index (χ2v) is 4.25. The first-order valence-corrected chi connectivity index (χ1v) is 5.93. The molecule has 0 fully saturated rings. The summed E-state index contributed by atoms with van der Waals surface area (Å²) in [5, 5.41) is 11.1. The summed E-state index contributed by atoms with van der Waals surface area (Å²) in [7, 11) is 0. The largest absolute Gasteiger partial charge is 0.478 e. The molecule has 0 aliphatic heterocycles. The van der Waals surface area contributed by atoms with Crippen molar-refractivity contribution in [1.29, 1.82) is 0 Å². The zero-order chi connectivity index (χ0) is 15.2. The van der Waals surface area contributed by atoms with E-state index >= 15 is 0 Å². The van der Waals surface area contributed by atoms with Crippen LogP contribution in [0.25, 0.3) is 0 Å². The van der Waals surface area contributed by atoms with Crippen LogP contribution in [0.3, 0.4) is 0 Å². The average molecular weight is 289 g/mol. The Bertz CT molecular complexity index is 469. The van der Waals surface area contributed by atoms with Gasteiger partial charge in [0, 0.05) is 13.0 Å². The van der Waals surface area contributed by atoms with E-state index in [2.05, 4.69) is 5.32 Å². The van der Waals surface area contributed by atoms with Gasteiger partial charge >= 0.3 is 12.1 Å². The van der Waals surface area contributed by atoms with Crippen molar-refractivity contribution in [2.45, 2.75) is 25.4 Å². The van der Waals surface area contributed by atoms with Crippen molar-refractivity contribution >= 4 is 11.9 Å². The number of carbonyl (C=O) groups excluding carboxylic acids is 1. The summed E-state index contributed by atoms with van der Waals surface area (Å²) in [6.45, 7) is -0.0362. The van der Waals surface area contributed by atoms with Gasteiger partial charge in [0.2, 0.25) is 5.91 Å². The van der Waals surface area contributed by atoms with Gasteiger partial charge in [-0.3, -0.25) is 4.79 Å². The summed E-state index contributed by atoms with van der Waals surface area (Å²) in [6, 6.07) is 5.74. The number of hydrogen-bond acceptors (Lipinski definition) is 2. The molecule has 0 atom stereocenters. The van der Waals surface area contributed by atoms with Crippen LogP contribution in [0.1, 0.15) is 28.8 Å². The molecule has 0 saturated carbocycles. The lowest BCUT2D eigenvalue weighted by atomic mass is 10.1. The van der Waals surface area contributed by atoms with Crippen LogP contribution in [0.15, 0.2) is 24.3 Å². The van der Waals surface area contributed by atoms with Gasteiger partial charge in [-0.2, -0.15) is 13.2 Å². The van der Waals surface area contributed by atoms with Crippen molar-refractivity contribution in [1.82, 2.24) is 5.32 Å². The first-order valence-electron chi connectivity index (χ1n) is 5.93. The second-order valence-electron chi connectivity index (χ2n) is 4.25. The van der Waals surface area contributed by atoms with Crippen molar-refractivity contribution in [3.63, 3.8) is 0 Å². The molecule has 1 rings (SSSR count). The summed E-state index contributed by atoms with van der Waals surface area (Å²) in [5.41, 5.74) is 0.711. The van der Waals surface area contributed by atoms with E-state index in [-0.39, 0.29) is 24.9 Å². The van der Waals surface area contributed by atoms with Crippen molar-refractivity contribution in [3.05, 3.63) is 35.4 Å². The number of rotatable bonds is 6. The van der Waals surface area contributed by atoms with Crippen LogP contribution in [0.5, 0.6) is 0 Å². The standard InChI is InChI=1S/C13H14F3NO3/c14-13(15,16)6-1-7-17-11(18)8-9-2-4-10(5-3-9)12(19)20/h2-5H,1,6-8H2,(H,17,18)(H,19,20). The lowest BCUT2D eigenvalue weighted by Gasteiger charge is -2.07. The number of carbonyl (C=O) groups is 2. The quantitative estimate of drug-likeness (QED) is 0.790. The fourth-order valence-electron chi connectivity index (χ4n) is 1.53. The van der Waals surface area contributed by atoms with E-state index < -0.39 is 24.5 Å². The molecule has 1 aromatic rings. The molecule has 0 aliphatic rings. The molecule has 1 amide bonds. The fraction of sp³-hybridized carbons (Fsp3) is 0.385. The molecular weight excluding hydrogens is 275 g/mol. The Morgan fingerprint density at radius 2 is 1.75 bits per heavy atom. The molecule has 7 heteroatoms. The number of halogens is 3. The van der Waals surface area contributed by atoms with Crippen molar-refractivity contribution < 1.29 is 27.9 Å². The summed E-state index contributed by atoms with van der Waals surface area (Å²) in [5.74, 6) is -1.46. The van der Waals surface area contributed by atoms with E-state index in [0.717, 1.165) is 0 Å². The minimum atomic E-state index is -4.21. The summed E-state index contributed by atoms with van der Waals surface area (Å²) in [4.78, 5) is 22.1. The van der Waals surface area contributed by atoms with Gasteiger partial charge in [0.05, 0.1) is 12.0 Å². The van der Waals surface area contributed by atoms with Gasteiger partial charge in [0.1, 0.15) is 0 Å². The molecular formula is C13H14F3NO3. The zero-order valence-electron chi connectivity index (χ0n) is 10.5. The zero-order valence-corrected chi connectivity index (χ0v) is 10.5. The number of carboxylic acids is 1. The maximum atomic E-state index is 11.9. The highest BCUT2D eigenvalue weighted by Gasteiger charge is 2.25. The molecule has 0 aromatic heterocycles. The van der Waals surface area contributed by atoms with Crippen LogP contribution in [-0.4, -0.2) is 29.7 Å². The van der Waals surface area contributed by atoms with Crippen molar-refractivity contribution in [3.8, 4) is 0 Å². The minimum absolute atomic E-state index is 0.00587. The Hall–Kier alpha value is -2.05. The van der Waals surface area contributed by atoms with Crippen LogP contribution < -0.4 is 5.32 Å². The third kappa shape index (κ3) is 6.21. The van der Waals surface area contributed by atoms with Gasteiger partial charge in [0.25, 0.3) is 0 Å². The number of hydrogen-bond donors (Lipinski definition) is 2. The normalized spacial score (nSPS) is 11.2. The van der Waals surface area contributed by atoms with Gasteiger partial charge in [0.15, 0.2) is 0 Å². The van der Waals surface area contributed by atoms with Gasteiger partial charge in [-0.1, -0.05) is 12.1 Å². The average Bonchev–Trinajstić information content (AvgIpc) is 2.34. The molecule has 0 aliphatic carbocycles. The molecule has 20 heavy (non-hydrogen) atoms. The molecule has 110 valence electrons. The van der Waals surface area contributed by atoms with Crippen LogP contribution in [0.2, 0.25) is 0 Å². The number of alkyl halides is 3. The Labute approximate surface area is 113 Å². The lowest BCUT2D eigenvalue weighted by Crippen LogP contribution is -2.27. The molecule has 0 heterocycles. The number of carboxylic acid groups (broad SMARTS) is 1. The maximum absolute atomic E-state index is 11.9. The Kier molecular flexibility index (Phi) is 5.54. The predicted molar refractivity (Wildman–Crippen MR) is 65.4 cm³/mol. The lowest BCUT2D eigenvalue weighted by molar-refractivity contribution is -0.136. The van der Waals surface area contributed by atoms with Crippen LogP contribution >= 0.6 is 0 Å². The van der Waals surface area contributed by atoms with Crippen LogP contribution in [-0.2, 0) is 11.2 Å². The highest BCUT2D eigenvalue weighted by Crippen LogP contribution is 2.20. The van der Waals surface area contributed by atoms with Gasteiger partial charge in [-0.25, -0.2) is 4.79 Å². The van der Waals surface area contributed by atoms with E-state index in [1.807, 2.05) is 0 Å². The van der Waals surface area contributed by atoms with E-state index in [4.69, 9.17) is 5.11 Å². The fourth-order valence-corrected chi connectivity index (χ4v) is 1.53. The smallest absolute Gasteiger partial charge is 0.389 e. The molecule has 0 bridgehead atoms. The van der Waals surface area contributed by atoms with Crippen LogP contribution in [0.4, 0.5) is 13.2 Å². The molecule has 2 N–H and O–H groups in total. The van der Waals surface area contributed by atoms with Gasteiger partial charge in [-0.15, -0.1) is 0 Å². The Morgan fingerprint density at radius 1 is 1.15 bits per heavy atom. The van der Waals surface area contributed by atoms with Gasteiger partial charge < -0.3 is 10.4 Å². The number of nitrogens with one attached hydrogen (secondary N) is 1. The number of aromatic carboxylic acids is 1. The Morgan fingerprint density at radius 3 is 2.25 bits per heavy atom. The number of benzene rings is 1. The molecule has 0 unspecified atom stereocenters. The Balaban J connectivity index is 2.33. The first-order chi connectivity index (χ1) is 9.28. The molecule has 1 aromatic carbocycles. The number of amides is 1. The molecule has 0 saturated heterocycles. The minimum Gasteiger partial charge on any atom is -0.478 e. The monoisotopic (exact) mass is 289 g/mol. The van der Waals surface area contributed by atoms with E-state index in [1.165, 1.54) is 24.3 Å². The first kappa shape index (κ1) is 16.0. The predicted octanol–water partition coefficient (Wildman–Crippen LogP) is 2.39. The van der Waals surface area contributed by atoms with Gasteiger partial charge in [-0.05, 0) is 24.1 Å². The highest BCUT2D eigenvalue weighted by atomic mass is 19.4. The van der Waals surface area contributed by atoms with Crippen LogP contribution in [0, 0.1) is 0 Å². The summed E-state index contributed by atoms with van der Waals surface area (Å²) < 4.78 is 35.6. The van der Waals surface area contributed by atoms with E-state index in [1.54, 1.807) is 0 Å². The third-order valence-corrected chi connectivity index (χ3v) is 2.52. The summed E-state index contributed by atoms with van der Waals surface area (Å²) in [6.07, 6.45) is -5.29. The highest BCUT2D eigenvalue weighted by molar-refractivity contribution is 5.87. The maximum Gasteiger partial charge on any atom is 0.389 e. The molecule has 0 radical (unpaired) electrons. The molecule has 4 nitrogen and oxygen atoms in total. The van der Waals surface area contributed by atoms with E-state index in [9.17, 15) is 22.8 Å².